The second-order valence-corrected chi connectivity index (χ2v) is 5.46. The summed E-state index contributed by atoms with van der Waals surface area (Å²) in [6.45, 7) is 3.19. The summed E-state index contributed by atoms with van der Waals surface area (Å²) in [5, 5.41) is 3.54. The van der Waals surface area contributed by atoms with Crippen LogP contribution in [0.15, 0.2) is 18.2 Å². The first kappa shape index (κ1) is 14.3. The summed E-state index contributed by atoms with van der Waals surface area (Å²) in [5.74, 6) is 0.752. The van der Waals surface area contributed by atoms with Gasteiger partial charge in [-0.1, -0.05) is 25.8 Å². The summed E-state index contributed by atoms with van der Waals surface area (Å²) in [6.07, 6.45) is 6.00. The Hall–Kier alpha value is -1.09. The van der Waals surface area contributed by atoms with Crippen molar-refractivity contribution in [2.24, 2.45) is 5.92 Å². The molecule has 0 bridgehead atoms. The number of ether oxygens (including phenoxy) is 1. The fourth-order valence-corrected chi connectivity index (χ4v) is 3.12. The van der Waals surface area contributed by atoms with Crippen LogP contribution in [0.3, 0.4) is 0 Å². The molecule has 0 aromatic heterocycles. The number of nitrogens with one attached hydrogen (secondary N) is 1. The smallest absolute Gasteiger partial charge is 0.165 e. The SMILES string of the molecule is CCNC1CCCC(Cc2ccc(OC)c(F)c2)C1. The fourth-order valence-electron chi connectivity index (χ4n) is 3.12. The molecular weight excluding hydrogens is 241 g/mol. The van der Waals surface area contributed by atoms with Gasteiger partial charge in [0.1, 0.15) is 0 Å². The molecule has 2 nitrogen and oxygen atoms in total. The molecule has 0 saturated heterocycles. The van der Waals surface area contributed by atoms with Crippen molar-refractivity contribution in [1.82, 2.24) is 5.32 Å². The molecule has 0 amide bonds. The molecule has 1 aliphatic rings. The lowest BCUT2D eigenvalue weighted by atomic mass is 9.82. The number of rotatable bonds is 5. The Bertz CT molecular complexity index is 406. The van der Waals surface area contributed by atoms with Crippen LogP contribution in [0.25, 0.3) is 0 Å². The first-order valence-corrected chi connectivity index (χ1v) is 7.28. The maximum atomic E-state index is 13.7. The van der Waals surface area contributed by atoms with Crippen LogP contribution in [-0.2, 0) is 6.42 Å². The lowest BCUT2D eigenvalue weighted by Crippen LogP contribution is -2.34. The second-order valence-electron chi connectivity index (χ2n) is 5.46. The first-order valence-electron chi connectivity index (χ1n) is 7.28. The summed E-state index contributed by atoms with van der Waals surface area (Å²) in [5.41, 5.74) is 1.08. The van der Waals surface area contributed by atoms with E-state index in [9.17, 15) is 4.39 Å². The Labute approximate surface area is 115 Å². The first-order chi connectivity index (χ1) is 9.22. The number of hydrogen-bond acceptors (Lipinski definition) is 2. The lowest BCUT2D eigenvalue weighted by Gasteiger charge is -2.29. The highest BCUT2D eigenvalue weighted by atomic mass is 19.1. The minimum Gasteiger partial charge on any atom is -0.494 e. The van der Waals surface area contributed by atoms with Crippen LogP contribution in [0.2, 0.25) is 0 Å². The van der Waals surface area contributed by atoms with E-state index < -0.39 is 0 Å². The highest BCUT2D eigenvalue weighted by Gasteiger charge is 2.21. The summed E-state index contributed by atoms with van der Waals surface area (Å²) >= 11 is 0. The van der Waals surface area contributed by atoms with E-state index in [0.29, 0.717) is 17.7 Å². The van der Waals surface area contributed by atoms with Gasteiger partial charge in [-0.25, -0.2) is 4.39 Å². The zero-order valence-electron chi connectivity index (χ0n) is 11.9. The van der Waals surface area contributed by atoms with Gasteiger partial charge in [-0.2, -0.15) is 0 Å². The molecule has 2 unspecified atom stereocenters. The van der Waals surface area contributed by atoms with E-state index >= 15 is 0 Å². The molecule has 19 heavy (non-hydrogen) atoms. The van der Waals surface area contributed by atoms with Crippen LogP contribution in [-0.4, -0.2) is 19.7 Å². The molecule has 1 aliphatic carbocycles. The molecule has 2 rings (SSSR count). The third-order valence-corrected chi connectivity index (χ3v) is 4.02. The minimum atomic E-state index is -0.251. The molecule has 3 heteroatoms. The van der Waals surface area contributed by atoms with E-state index in [4.69, 9.17) is 4.74 Å². The van der Waals surface area contributed by atoms with Gasteiger partial charge in [0.05, 0.1) is 7.11 Å². The maximum Gasteiger partial charge on any atom is 0.165 e. The van der Waals surface area contributed by atoms with Crippen LogP contribution in [0, 0.1) is 11.7 Å². The molecule has 1 aromatic carbocycles. The van der Waals surface area contributed by atoms with E-state index in [1.807, 2.05) is 6.07 Å². The molecule has 1 saturated carbocycles. The average molecular weight is 265 g/mol. The Balaban J connectivity index is 1.94. The van der Waals surface area contributed by atoms with Crippen LogP contribution in [0.5, 0.6) is 5.75 Å². The number of benzene rings is 1. The quantitative estimate of drug-likeness (QED) is 0.879. The van der Waals surface area contributed by atoms with Crippen molar-refractivity contribution < 1.29 is 9.13 Å². The largest absolute Gasteiger partial charge is 0.494 e. The van der Waals surface area contributed by atoms with Gasteiger partial charge in [0.15, 0.2) is 11.6 Å². The van der Waals surface area contributed by atoms with Crippen molar-refractivity contribution in [3.8, 4) is 5.75 Å². The standard InChI is InChI=1S/C16H24FNO/c1-3-18-14-6-4-5-12(10-14)9-13-7-8-16(19-2)15(17)11-13/h7-8,11-12,14,18H,3-6,9-10H2,1-2H3. The van der Waals surface area contributed by atoms with Crippen LogP contribution in [0.4, 0.5) is 4.39 Å². The van der Waals surface area contributed by atoms with E-state index in [0.717, 1.165) is 18.5 Å². The van der Waals surface area contributed by atoms with E-state index in [1.165, 1.54) is 32.8 Å². The Morgan fingerprint density at radius 2 is 2.21 bits per heavy atom. The van der Waals surface area contributed by atoms with Crippen molar-refractivity contribution in [1.29, 1.82) is 0 Å². The Kier molecular flexibility index (Phi) is 5.20. The van der Waals surface area contributed by atoms with Crippen LogP contribution >= 0.6 is 0 Å². The molecule has 0 spiro atoms. The number of halogens is 1. The van der Waals surface area contributed by atoms with E-state index in [1.54, 1.807) is 12.1 Å². The zero-order chi connectivity index (χ0) is 13.7. The summed E-state index contributed by atoms with van der Waals surface area (Å²) < 4.78 is 18.6. The molecule has 0 heterocycles. The van der Waals surface area contributed by atoms with E-state index in [2.05, 4.69) is 12.2 Å². The Morgan fingerprint density at radius 1 is 1.37 bits per heavy atom. The normalized spacial score (nSPS) is 23.3. The third kappa shape index (κ3) is 3.93. The highest BCUT2D eigenvalue weighted by molar-refractivity contribution is 5.29. The van der Waals surface area contributed by atoms with Gasteiger partial charge in [0.2, 0.25) is 0 Å². The van der Waals surface area contributed by atoms with Gasteiger partial charge in [-0.3, -0.25) is 0 Å². The van der Waals surface area contributed by atoms with E-state index in [-0.39, 0.29) is 5.82 Å². The number of methoxy groups -OCH3 is 1. The molecule has 1 aromatic rings. The minimum absolute atomic E-state index is 0.251. The van der Waals surface area contributed by atoms with Crippen molar-refractivity contribution in [2.45, 2.75) is 45.1 Å². The molecular formula is C16H24FNO. The molecule has 1 fully saturated rings. The summed E-state index contributed by atoms with van der Waals surface area (Å²) in [7, 11) is 1.50. The van der Waals surface area contributed by atoms with Crippen molar-refractivity contribution in [3.63, 3.8) is 0 Å². The highest BCUT2D eigenvalue weighted by Crippen LogP contribution is 2.28. The Morgan fingerprint density at radius 3 is 2.89 bits per heavy atom. The van der Waals surface area contributed by atoms with Crippen molar-refractivity contribution in [3.05, 3.63) is 29.6 Å². The van der Waals surface area contributed by atoms with Gasteiger partial charge in [0, 0.05) is 6.04 Å². The third-order valence-electron chi connectivity index (χ3n) is 4.02. The van der Waals surface area contributed by atoms with Gasteiger partial charge in [-0.05, 0) is 49.4 Å². The number of hydrogen-bond donors (Lipinski definition) is 1. The summed E-state index contributed by atoms with van der Waals surface area (Å²) in [6, 6.07) is 5.98. The zero-order valence-corrected chi connectivity index (χ0v) is 11.9. The molecule has 0 aliphatic heterocycles. The molecule has 0 radical (unpaired) electrons. The van der Waals surface area contributed by atoms with Crippen molar-refractivity contribution in [2.75, 3.05) is 13.7 Å². The maximum absolute atomic E-state index is 13.7. The molecule has 1 N–H and O–H groups in total. The van der Waals surface area contributed by atoms with Gasteiger partial charge in [-0.15, -0.1) is 0 Å². The monoisotopic (exact) mass is 265 g/mol. The molecule has 2 atom stereocenters. The average Bonchev–Trinajstić information content (AvgIpc) is 2.40. The second kappa shape index (κ2) is 6.90. The van der Waals surface area contributed by atoms with Crippen molar-refractivity contribution >= 4 is 0 Å². The van der Waals surface area contributed by atoms with Crippen LogP contribution < -0.4 is 10.1 Å². The predicted octanol–water partition coefficient (Wildman–Crippen LogP) is 3.55. The lowest BCUT2D eigenvalue weighted by molar-refractivity contribution is 0.286. The fraction of sp³-hybridized carbons (Fsp3) is 0.625. The van der Waals surface area contributed by atoms with Gasteiger partial charge in [0.25, 0.3) is 0 Å². The van der Waals surface area contributed by atoms with Crippen LogP contribution in [0.1, 0.15) is 38.2 Å². The predicted molar refractivity (Wildman–Crippen MR) is 76.1 cm³/mol. The summed E-state index contributed by atoms with van der Waals surface area (Å²) in [4.78, 5) is 0. The van der Waals surface area contributed by atoms with Gasteiger partial charge < -0.3 is 10.1 Å². The van der Waals surface area contributed by atoms with Gasteiger partial charge >= 0.3 is 0 Å². The topological polar surface area (TPSA) is 21.3 Å². The molecule has 106 valence electrons.